The number of benzene rings is 2. The van der Waals surface area contributed by atoms with Crippen LogP contribution in [0.4, 0.5) is 5.69 Å². The molecule has 3 rings (SSSR count). The predicted octanol–water partition coefficient (Wildman–Crippen LogP) is 1.98. The summed E-state index contributed by atoms with van der Waals surface area (Å²) in [5.74, 6) is 0.0480. The molecule has 1 heterocycles. The van der Waals surface area contributed by atoms with Gasteiger partial charge in [0.2, 0.25) is 5.91 Å². The Morgan fingerprint density at radius 1 is 1.06 bits per heavy atom. The smallest absolute Gasteiger partial charge is 0.262 e. The first kappa shape index (κ1) is 23.3. The van der Waals surface area contributed by atoms with E-state index in [1.54, 1.807) is 36.4 Å². The van der Waals surface area contributed by atoms with Gasteiger partial charge < -0.3 is 15.8 Å². The highest BCUT2D eigenvalue weighted by Gasteiger charge is 2.18. The molecule has 9 nitrogen and oxygen atoms in total. The number of hydrogen-bond donors (Lipinski definition) is 3. The standard InChI is InChI=1S/C22H26N4O5S/c23-20(27)13-16-8-10-18(11-9-16)31-15-22(28)25-17-5-4-6-19(14-17)32(29,30)26-21-7-2-1-3-12-24-21/h4-6,8-11,14H,1-3,7,12-13,15H2,(H2,23,27)(H,24,26)(H,25,28). The van der Waals surface area contributed by atoms with Gasteiger partial charge in [0.25, 0.3) is 15.9 Å². The zero-order valence-corrected chi connectivity index (χ0v) is 18.4. The van der Waals surface area contributed by atoms with E-state index in [4.69, 9.17) is 10.5 Å². The number of carbonyl (C=O) groups excluding carboxylic acids is 2. The van der Waals surface area contributed by atoms with Crippen LogP contribution in [0, 0.1) is 0 Å². The number of anilines is 1. The van der Waals surface area contributed by atoms with Crippen LogP contribution in [0.3, 0.4) is 0 Å². The number of amidine groups is 1. The van der Waals surface area contributed by atoms with Crippen molar-refractivity contribution < 1.29 is 22.7 Å². The first-order chi connectivity index (χ1) is 15.3. The lowest BCUT2D eigenvalue weighted by Gasteiger charge is -2.12. The van der Waals surface area contributed by atoms with E-state index in [2.05, 4.69) is 15.0 Å². The fraction of sp³-hybridized carbons (Fsp3) is 0.318. The van der Waals surface area contributed by atoms with Gasteiger partial charge in [-0.2, -0.15) is 0 Å². The molecular formula is C22H26N4O5S. The highest BCUT2D eigenvalue weighted by molar-refractivity contribution is 7.90. The lowest BCUT2D eigenvalue weighted by Crippen LogP contribution is -2.30. The van der Waals surface area contributed by atoms with E-state index in [9.17, 15) is 18.0 Å². The topological polar surface area (TPSA) is 140 Å². The molecule has 0 saturated carbocycles. The minimum absolute atomic E-state index is 0.0354. The van der Waals surface area contributed by atoms with Gasteiger partial charge in [0, 0.05) is 18.7 Å². The van der Waals surface area contributed by atoms with Gasteiger partial charge in [0.05, 0.1) is 11.3 Å². The predicted molar refractivity (Wildman–Crippen MR) is 121 cm³/mol. The number of ether oxygens (including phenoxy) is 1. The van der Waals surface area contributed by atoms with Crippen molar-refractivity contribution in [1.29, 1.82) is 0 Å². The Labute approximate surface area is 187 Å². The number of amides is 2. The maximum Gasteiger partial charge on any atom is 0.262 e. The third-order valence-corrected chi connectivity index (χ3v) is 6.11. The molecule has 170 valence electrons. The van der Waals surface area contributed by atoms with Gasteiger partial charge in [-0.15, -0.1) is 0 Å². The molecule has 1 aliphatic rings. The quantitative estimate of drug-likeness (QED) is 0.555. The van der Waals surface area contributed by atoms with Crippen molar-refractivity contribution in [2.45, 2.75) is 37.0 Å². The van der Waals surface area contributed by atoms with Crippen molar-refractivity contribution in [3.05, 3.63) is 54.1 Å². The summed E-state index contributed by atoms with van der Waals surface area (Å²) in [5.41, 5.74) is 6.23. The van der Waals surface area contributed by atoms with Crippen LogP contribution in [0.15, 0.2) is 58.4 Å². The molecule has 0 atom stereocenters. The summed E-state index contributed by atoms with van der Waals surface area (Å²) in [6.45, 7) is 0.350. The molecule has 2 aromatic carbocycles. The number of aliphatic imine (C=N–C) groups is 1. The number of nitrogens with one attached hydrogen (secondary N) is 2. The Morgan fingerprint density at radius 2 is 1.84 bits per heavy atom. The van der Waals surface area contributed by atoms with Gasteiger partial charge in [0.1, 0.15) is 11.6 Å². The summed E-state index contributed by atoms with van der Waals surface area (Å²) >= 11 is 0. The molecule has 0 aliphatic carbocycles. The van der Waals surface area contributed by atoms with Crippen LogP contribution < -0.4 is 20.5 Å². The van der Waals surface area contributed by atoms with Gasteiger partial charge in [-0.3, -0.25) is 19.3 Å². The van der Waals surface area contributed by atoms with E-state index in [-0.39, 0.29) is 17.9 Å². The maximum absolute atomic E-state index is 12.7. The average Bonchev–Trinajstić information content (AvgIpc) is 3.01. The van der Waals surface area contributed by atoms with Crippen molar-refractivity contribution in [1.82, 2.24) is 4.72 Å². The normalized spacial score (nSPS) is 14.1. The van der Waals surface area contributed by atoms with Crippen LogP contribution in [-0.2, 0) is 26.0 Å². The average molecular weight is 459 g/mol. The Morgan fingerprint density at radius 3 is 2.59 bits per heavy atom. The lowest BCUT2D eigenvalue weighted by molar-refractivity contribution is -0.118. The highest BCUT2D eigenvalue weighted by atomic mass is 32.2. The molecule has 32 heavy (non-hydrogen) atoms. The first-order valence-electron chi connectivity index (χ1n) is 10.3. The molecule has 1 aliphatic heterocycles. The van der Waals surface area contributed by atoms with Crippen molar-refractivity contribution in [2.24, 2.45) is 10.7 Å². The third kappa shape index (κ3) is 7.09. The molecule has 10 heteroatoms. The second-order valence-electron chi connectivity index (χ2n) is 7.40. The van der Waals surface area contributed by atoms with Gasteiger partial charge >= 0.3 is 0 Å². The van der Waals surface area contributed by atoms with Gasteiger partial charge in [-0.05, 0) is 48.7 Å². The maximum atomic E-state index is 12.7. The van der Waals surface area contributed by atoms with Crippen LogP contribution in [-0.4, -0.2) is 39.2 Å². The summed E-state index contributed by atoms with van der Waals surface area (Å²) < 4.78 is 33.4. The Hall–Kier alpha value is -3.40. The number of nitrogens with two attached hydrogens (primary N) is 1. The molecule has 0 radical (unpaired) electrons. The van der Waals surface area contributed by atoms with Crippen LogP contribution in [0.25, 0.3) is 0 Å². The summed E-state index contributed by atoms with van der Waals surface area (Å²) in [7, 11) is -3.80. The van der Waals surface area contributed by atoms with E-state index < -0.39 is 21.8 Å². The molecule has 0 spiro atoms. The molecule has 0 aromatic heterocycles. The molecule has 0 saturated heterocycles. The number of rotatable bonds is 8. The Balaban J connectivity index is 1.57. The first-order valence-corrected chi connectivity index (χ1v) is 11.8. The molecule has 0 bridgehead atoms. The Kier molecular flexibility index (Phi) is 7.82. The van der Waals surface area contributed by atoms with E-state index in [0.29, 0.717) is 30.2 Å². The SMILES string of the molecule is NC(=O)Cc1ccc(OCC(=O)Nc2cccc(S(=O)(=O)NC3=NCCCCC3)c2)cc1. The highest BCUT2D eigenvalue weighted by Crippen LogP contribution is 2.17. The van der Waals surface area contributed by atoms with Gasteiger partial charge in [-0.1, -0.05) is 24.6 Å². The number of hydrogen-bond acceptors (Lipinski definition) is 6. The van der Waals surface area contributed by atoms with Crippen molar-refractivity contribution in [3.8, 4) is 5.75 Å². The molecule has 2 aromatic rings. The van der Waals surface area contributed by atoms with E-state index in [1.165, 1.54) is 12.1 Å². The second kappa shape index (κ2) is 10.8. The number of primary amides is 1. The van der Waals surface area contributed by atoms with Crippen LogP contribution in [0.5, 0.6) is 5.75 Å². The molecule has 0 unspecified atom stereocenters. The van der Waals surface area contributed by atoms with Crippen LogP contribution >= 0.6 is 0 Å². The van der Waals surface area contributed by atoms with Gasteiger partial charge in [-0.25, -0.2) is 8.42 Å². The largest absolute Gasteiger partial charge is 0.484 e. The van der Waals surface area contributed by atoms with E-state index >= 15 is 0 Å². The summed E-state index contributed by atoms with van der Waals surface area (Å²) in [6, 6.07) is 12.7. The van der Waals surface area contributed by atoms with E-state index in [1.807, 2.05) is 0 Å². The zero-order valence-electron chi connectivity index (χ0n) is 17.5. The summed E-state index contributed by atoms with van der Waals surface area (Å²) in [5, 5.41) is 2.63. The molecule has 2 amide bonds. The Bertz CT molecular complexity index is 1100. The minimum Gasteiger partial charge on any atom is -0.484 e. The summed E-state index contributed by atoms with van der Waals surface area (Å²) in [6.07, 6.45) is 3.59. The third-order valence-electron chi connectivity index (χ3n) is 4.73. The lowest BCUT2D eigenvalue weighted by atomic mass is 10.1. The second-order valence-corrected chi connectivity index (χ2v) is 9.08. The fourth-order valence-electron chi connectivity index (χ4n) is 3.16. The van der Waals surface area contributed by atoms with Crippen LogP contribution in [0.1, 0.15) is 31.2 Å². The van der Waals surface area contributed by atoms with Crippen molar-refractivity contribution in [2.75, 3.05) is 18.5 Å². The number of carbonyl (C=O) groups is 2. The summed E-state index contributed by atoms with van der Waals surface area (Å²) in [4.78, 5) is 27.5. The monoisotopic (exact) mass is 458 g/mol. The minimum atomic E-state index is -3.80. The van der Waals surface area contributed by atoms with Crippen LogP contribution in [0.2, 0.25) is 0 Å². The van der Waals surface area contributed by atoms with Crippen molar-refractivity contribution in [3.63, 3.8) is 0 Å². The molecular weight excluding hydrogens is 432 g/mol. The molecule has 4 N–H and O–H groups in total. The number of sulfonamides is 1. The fourth-order valence-corrected chi connectivity index (χ4v) is 4.30. The van der Waals surface area contributed by atoms with Gasteiger partial charge in [0.15, 0.2) is 6.61 Å². The van der Waals surface area contributed by atoms with Crippen molar-refractivity contribution >= 4 is 33.4 Å². The molecule has 0 fully saturated rings. The number of nitrogens with zero attached hydrogens (tertiary/aromatic N) is 1. The zero-order chi connectivity index (χ0) is 23.0. The van der Waals surface area contributed by atoms with E-state index in [0.717, 1.165) is 24.8 Å².